The van der Waals surface area contributed by atoms with E-state index in [4.69, 9.17) is 0 Å². The topological polar surface area (TPSA) is 66.5 Å². The number of hydrogen-bond acceptors (Lipinski definition) is 3. The van der Waals surface area contributed by atoms with Gasteiger partial charge in [-0.2, -0.15) is 0 Å². The summed E-state index contributed by atoms with van der Waals surface area (Å²) in [5, 5.41) is 2.79. The molecular weight excluding hydrogens is 264 g/mol. The summed E-state index contributed by atoms with van der Waals surface area (Å²) in [6.07, 6.45) is 2.10. The van der Waals surface area contributed by atoms with E-state index in [-0.39, 0.29) is 11.8 Å². The monoisotopic (exact) mass is 288 g/mol. The maximum Gasteiger partial charge on any atom is 0.245 e. The fourth-order valence-electron chi connectivity index (χ4n) is 2.33. The molecule has 0 saturated carbocycles. The summed E-state index contributed by atoms with van der Waals surface area (Å²) in [6.45, 7) is 6.15. The van der Waals surface area contributed by atoms with Crippen LogP contribution in [0.4, 0.5) is 0 Å². The Bertz CT molecular complexity index is 360. The van der Waals surface area contributed by atoms with Gasteiger partial charge in [0.2, 0.25) is 11.8 Å². The predicted molar refractivity (Wildman–Crippen MR) is 76.2 cm³/mol. The highest BCUT2D eigenvalue weighted by atomic mass is 32.2. The Balaban J connectivity index is 2.77. The van der Waals surface area contributed by atoms with Crippen LogP contribution in [0, 0.1) is 0 Å². The Morgan fingerprint density at radius 2 is 1.95 bits per heavy atom. The quantitative estimate of drug-likeness (QED) is 0.748. The summed E-state index contributed by atoms with van der Waals surface area (Å²) in [7, 11) is -0.912. The van der Waals surface area contributed by atoms with Crippen molar-refractivity contribution >= 4 is 22.6 Å². The normalized spacial score (nSPS) is 25.3. The fraction of sp³-hybridized carbons (Fsp3) is 0.846. The van der Waals surface area contributed by atoms with Crippen molar-refractivity contribution in [1.29, 1.82) is 0 Å². The number of rotatable bonds is 7. The molecule has 0 aromatic carbocycles. The van der Waals surface area contributed by atoms with Crippen LogP contribution in [0.5, 0.6) is 0 Å². The lowest BCUT2D eigenvalue weighted by atomic mass is 10.0. The van der Waals surface area contributed by atoms with Crippen LogP contribution in [0.25, 0.3) is 0 Å². The predicted octanol–water partition coefficient (Wildman–Crippen LogP) is 0.661. The van der Waals surface area contributed by atoms with Gasteiger partial charge in [0.05, 0.1) is 0 Å². The van der Waals surface area contributed by atoms with E-state index >= 15 is 0 Å². The van der Waals surface area contributed by atoms with Crippen LogP contribution < -0.4 is 5.32 Å². The minimum absolute atomic E-state index is 0.0265. The molecule has 110 valence electrons. The molecule has 1 N–H and O–H groups in total. The number of hydrogen-bond donors (Lipinski definition) is 1. The third kappa shape index (κ3) is 4.03. The van der Waals surface area contributed by atoms with Gasteiger partial charge >= 0.3 is 0 Å². The molecular formula is C13H24N2O3S. The highest BCUT2D eigenvalue weighted by molar-refractivity contribution is 7.84. The van der Waals surface area contributed by atoms with Gasteiger partial charge in [0.25, 0.3) is 0 Å². The SMILES string of the molecule is CCCC1NC(=O)C(CC)N(CCS(=O)CC)C1=O. The van der Waals surface area contributed by atoms with E-state index < -0.39 is 22.9 Å². The average molecular weight is 288 g/mol. The van der Waals surface area contributed by atoms with E-state index in [2.05, 4.69) is 5.32 Å². The first kappa shape index (κ1) is 16.1. The molecule has 1 fully saturated rings. The Hall–Kier alpha value is -0.910. The van der Waals surface area contributed by atoms with Crippen molar-refractivity contribution in [3.05, 3.63) is 0 Å². The highest BCUT2D eigenvalue weighted by Crippen LogP contribution is 2.15. The molecule has 0 radical (unpaired) electrons. The summed E-state index contributed by atoms with van der Waals surface area (Å²) in [5.74, 6) is 0.929. The number of nitrogens with one attached hydrogen (secondary N) is 1. The Morgan fingerprint density at radius 3 is 2.47 bits per heavy atom. The van der Waals surface area contributed by atoms with Gasteiger partial charge in [-0.05, 0) is 12.8 Å². The van der Waals surface area contributed by atoms with E-state index in [0.717, 1.165) is 6.42 Å². The molecule has 6 heteroatoms. The van der Waals surface area contributed by atoms with Gasteiger partial charge in [-0.15, -0.1) is 0 Å². The zero-order valence-electron chi connectivity index (χ0n) is 12.0. The number of nitrogens with zero attached hydrogens (tertiary/aromatic N) is 1. The Labute approximate surface area is 117 Å². The van der Waals surface area contributed by atoms with Crippen molar-refractivity contribution in [1.82, 2.24) is 10.2 Å². The molecule has 1 saturated heterocycles. The van der Waals surface area contributed by atoms with E-state index in [0.29, 0.717) is 30.9 Å². The number of carbonyl (C=O) groups is 2. The van der Waals surface area contributed by atoms with Crippen LogP contribution in [0.15, 0.2) is 0 Å². The molecule has 0 aliphatic carbocycles. The molecule has 0 bridgehead atoms. The lowest BCUT2D eigenvalue weighted by molar-refractivity contribution is -0.149. The van der Waals surface area contributed by atoms with Crippen molar-refractivity contribution in [3.63, 3.8) is 0 Å². The molecule has 1 aliphatic rings. The molecule has 19 heavy (non-hydrogen) atoms. The summed E-state index contributed by atoms with van der Waals surface area (Å²) in [5.41, 5.74) is 0. The maximum absolute atomic E-state index is 12.3. The molecule has 2 amide bonds. The molecule has 3 atom stereocenters. The van der Waals surface area contributed by atoms with Gasteiger partial charge in [0.1, 0.15) is 12.1 Å². The zero-order valence-corrected chi connectivity index (χ0v) is 12.8. The van der Waals surface area contributed by atoms with Gasteiger partial charge in [0.15, 0.2) is 0 Å². The standard InChI is InChI=1S/C13H24N2O3S/c1-4-7-10-13(17)15(8-9-19(18)6-3)11(5-2)12(16)14-10/h10-11H,4-9H2,1-3H3,(H,14,16). The molecule has 0 spiro atoms. The smallest absolute Gasteiger partial charge is 0.245 e. The molecule has 1 heterocycles. The molecule has 1 rings (SSSR count). The second kappa shape index (κ2) is 7.62. The largest absolute Gasteiger partial charge is 0.343 e. The number of amides is 2. The number of carbonyl (C=O) groups excluding carboxylic acids is 2. The van der Waals surface area contributed by atoms with E-state index in [1.54, 1.807) is 4.90 Å². The third-order valence-electron chi connectivity index (χ3n) is 3.42. The van der Waals surface area contributed by atoms with E-state index in [1.807, 2.05) is 20.8 Å². The first-order chi connectivity index (χ1) is 9.04. The Kier molecular flexibility index (Phi) is 6.48. The fourth-order valence-corrected chi connectivity index (χ4v) is 3.01. The van der Waals surface area contributed by atoms with Crippen molar-refractivity contribution in [2.45, 2.75) is 52.1 Å². The first-order valence-electron chi connectivity index (χ1n) is 7.00. The summed E-state index contributed by atoms with van der Waals surface area (Å²) >= 11 is 0. The second-order valence-electron chi connectivity index (χ2n) is 4.74. The van der Waals surface area contributed by atoms with Crippen LogP contribution in [-0.4, -0.2) is 51.1 Å². The lowest BCUT2D eigenvalue weighted by Crippen LogP contribution is -2.63. The van der Waals surface area contributed by atoms with Crippen molar-refractivity contribution in [3.8, 4) is 0 Å². The molecule has 3 unspecified atom stereocenters. The summed E-state index contributed by atoms with van der Waals surface area (Å²) in [6, 6.07) is -0.815. The maximum atomic E-state index is 12.3. The lowest BCUT2D eigenvalue weighted by Gasteiger charge is -2.38. The third-order valence-corrected chi connectivity index (χ3v) is 4.70. The average Bonchev–Trinajstić information content (AvgIpc) is 2.40. The molecule has 5 nitrogen and oxygen atoms in total. The Morgan fingerprint density at radius 1 is 1.26 bits per heavy atom. The van der Waals surface area contributed by atoms with Crippen molar-refractivity contribution < 1.29 is 13.8 Å². The van der Waals surface area contributed by atoms with E-state index in [1.165, 1.54) is 0 Å². The highest BCUT2D eigenvalue weighted by Gasteiger charge is 2.38. The second-order valence-corrected chi connectivity index (χ2v) is 6.60. The van der Waals surface area contributed by atoms with Crippen LogP contribution in [0.3, 0.4) is 0 Å². The summed E-state index contributed by atoms with van der Waals surface area (Å²) < 4.78 is 11.5. The van der Waals surface area contributed by atoms with Gasteiger partial charge in [-0.25, -0.2) is 0 Å². The minimum Gasteiger partial charge on any atom is -0.343 e. The van der Waals surface area contributed by atoms with Crippen molar-refractivity contribution in [2.75, 3.05) is 18.1 Å². The van der Waals surface area contributed by atoms with Crippen LogP contribution in [0.2, 0.25) is 0 Å². The van der Waals surface area contributed by atoms with Crippen molar-refractivity contribution in [2.24, 2.45) is 0 Å². The molecule has 0 aromatic heterocycles. The van der Waals surface area contributed by atoms with Gasteiger partial charge in [-0.1, -0.05) is 27.2 Å². The summed E-state index contributed by atoms with van der Waals surface area (Å²) in [4.78, 5) is 26.0. The molecule has 0 aromatic rings. The van der Waals surface area contributed by atoms with Gasteiger partial charge < -0.3 is 10.2 Å². The number of piperazine rings is 1. The van der Waals surface area contributed by atoms with Gasteiger partial charge in [-0.3, -0.25) is 13.8 Å². The van der Waals surface area contributed by atoms with Crippen LogP contribution in [0.1, 0.15) is 40.0 Å². The van der Waals surface area contributed by atoms with Crippen LogP contribution >= 0.6 is 0 Å². The van der Waals surface area contributed by atoms with E-state index in [9.17, 15) is 13.8 Å². The minimum atomic E-state index is -0.912. The van der Waals surface area contributed by atoms with Crippen LogP contribution in [-0.2, 0) is 20.4 Å². The first-order valence-corrected chi connectivity index (χ1v) is 8.49. The molecule has 1 aliphatic heterocycles. The van der Waals surface area contributed by atoms with Gasteiger partial charge in [0, 0.05) is 28.9 Å². The zero-order chi connectivity index (χ0) is 14.4.